The van der Waals surface area contributed by atoms with E-state index in [2.05, 4.69) is 16.7 Å². The molecular formula is C11H18N2O2S. The van der Waals surface area contributed by atoms with Gasteiger partial charge in [-0.2, -0.15) is 0 Å². The molecule has 4 nitrogen and oxygen atoms in total. The molecule has 1 atom stereocenters. The normalized spacial score (nSPS) is 12.4. The molecule has 90 valence electrons. The van der Waals surface area contributed by atoms with Crippen molar-refractivity contribution in [2.75, 3.05) is 26.8 Å². The molecule has 0 saturated carbocycles. The maximum atomic E-state index is 11.4. The summed E-state index contributed by atoms with van der Waals surface area (Å²) in [5.41, 5.74) is 0. The van der Waals surface area contributed by atoms with Gasteiger partial charge < -0.3 is 15.4 Å². The Hall–Kier alpha value is -0.910. The number of methoxy groups -OCH3 is 1. The predicted octanol–water partition coefficient (Wildman–Crippen LogP) is 1.16. The van der Waals surface area contributed by atoms with Crippen LogP contribution in [0.15, 0.2) is 17.5 Å². The standard InChI is InChI=1S/C11H18N2O2S/c1-9(10-4-3-7-16-10)13-8-11(14)12-5-6-15-2/h3-4,7,9,13H,5-6,8H2,1-2H3,(H,12,14)/t9-/m1/s1. The van der Waals surface area contributed by atoms with E-state index in [-0.39, 0.29) is 11.9 Å². The first kappa shape index (κ1) is 13.2. The molecular weight excluding hydrogens is 224 g/mol. The fourth-order valence-corrected chi connectivity index (χ4v) is 2.00. The van der Waals surface area contributed by atoms with Gasteiger partial charge in [0, 0.05) is 24.6 Å². The lowest BCUT2D eigenvalue weighted by atomic mass is 10.3. The van der Waals surface area contributed by atoms with Gasteiger partial charge in [-0.05, 0) is 18.4 Å². The lowest BCUT2D eigenvalue weighted by Crippen LogP contribution is -2.36. The molecule has 1 amide bonds. The second-order valence-corrected chi connectivity index (χ2v) is 4.44. The van der Waals surface area contributed by atoms with Gasteiger partial charge in [-0.25, -0.2) is 0 Å². The SMILES string of the molecule is COCCNC(=O)CN[C@H](C)c1cccs1. The number of amides is 1. The molecule has 1 rings (SSSR count). The van der Waals surface area contributed by atoms with Crippen LogP contribution in [0.1, 0.15) is 17.8 Å². The van der Waals surface area contributed by atoms with Gasteiger partial charge in [0.25, 0.3) is 0 Å². The topological polar surface area (TPSA) is 50.4 Å². The van der Waals surface area contributed by atoms with Crippen LogP contribution in [0.2, 0.25) is 0 Å². The summed E-state index contributed by atoms with van der Waals surface area (Å²) in [6, 6.07) is 4.29. The van der Waals surface area contributed by atoms with E-state index in [9.17, 15) is 4.79 Å². The monoisotopic (exact) mass is 242 g/mol. The zero-order chi connectivity index (χ0) is 11.8. The van der Waals surface area contributed by atoms with E-state index in [0.29, 0.717) is 19.7 Å². The van der Waals surface area contributed by atoms with Crippen LogP contribution in [0.3, 0.4) is 0 Å². The minimum absolute atomic E-state index is 0.000422. The lowest BCUT2D eigenvalue weighted by Gasteiger charge is -2.11. The molecule has 1 aromatic heterocycles. The summed E-state index contributed by atoms with van der Waals surface area (Å²) >= 11 is 1.69. The van der Waals surface area contributed by atoms with Gasteiger partial charge >= 0.3 is 0 Å². The second kappa shape index (κ2) is 7.38. The molecule has 0 spiro atoms. The third-order valence-corrected chi connectivity index (χ3v) is 3.22. The Bertz CT molecular complexity index is 301. The third kappa shape index (κ3) is 4.74. The molecule has 0 unspecified atom stereocenters. The van der Waals surface area contributed by atoms with E-state index in [4.69, 9.17) is 4.74 Å². The fraction of sp³-hybridized carbons (Fsp3) is 0.545. The van der Waals surface area contributed by atoms with E-state index in [1.54, 1.807) is 18.4 Å². The van der Waals surface area contributed by atoms with Crippen LogP contribution in [0.5, 0.6) is 0 Å². The Morgan fingerprint density at radius 2 is 2.44 bits per heavy atom. The number of thiophene rings is 1. The van der Waals surface area contributed by atoms with Crippen molar-refractivity contribution in [3.05, 3.63) is 22.4 Å². The van der Waals surface area contributed by atoms with Crippen LogP contribution in [0.4, 0.5) is 0 Å². The van der Waals surface area contributed by atoms with Gasteiger partial charge in [-0.1, -0.05) is 6.07 Å². The van der Waals surface area contributed by atoms with Crippen LogP contribution in [-0.4, -0.2) is 32.7 Å². The highest BCUT2D eigenvalue weighted by Gasteiger charge is 2.07. The quantitative estimate of drug-likeness (QED) is 0.706. The Morgan fingerprint density at radius 1 is 1.62 bits per heavy atom. The zero-order valence-electron chi connectivity index (χ0n) is 9.66. The van der Waals surface area contributed by atoms with Crippen LogP contribution < -0.4 is 10.6 Å². The Morgan fingerprint density at radius 3 is 3.06 bits per heavy atom. The predicted molar refractivity (Wildman–Crippen MR) is 65.6 cm³/mol. The fourth-order valence-electron chi connectivity index (χ4n) is 1.24. The first-order valence-electron chi connectivity index (χ1n) is 5.26. The molecule has 0 aromatic carbocycles. The number of ether oxygens (including phenoxy) is 1. The van der Waals surface area contributed by atoms with Gasteiger partial charge in [0.1, 0.15) is 0 Å². The van der Waals surface area contributed by atoms with Gasteiger partial charge in [-0.3, -0.25) is 4.79 Å². The third-order valence-electron chi connectivity index (χ3n) is 2.17. The van der Waals surface area contributed by atoms with Crippen LogP contribution in [0, 0.1) is 0 Å². The van der Waals surface area contributed by atoms with E-state index in [1.807, 2.05) is 18.4 Å². The Kier molecular flexibility index (Phi) is 6.07. The van der Waals surface area contributed by atoms with Crippen molar-refractivity contribution in [2.24, 2.45) is 0 Å². The molecule has 0 aliphatic carbocycles. The summed E-state index contributed by atoms with van der Waals surface area (Å²) in [6.07, 6.45) is 0. The van der Waals surface area contributed by atoms with Crippen molar-refractivity contribution in [3.8, 4) is 0 Å². The molecule has 2 N–H and O–H groups in total. The first-order chi connectivity index (χ1) is 7.74. The summed E-state index contributed by atoms with van der Waals surface area (Å²) in [5, 5.41) is 7.96. The molecule has 1 aromatic rings. The molecule has 0 bridgehead atoms. The molecule has 1 heterocycles. The van der Waals surface area contributed by atoms with E-state index in [1.165, 1.54) is 4.88 Å². The minimum Gasteiger partial charge on any atom is -0.383 e. The number of hydrogen-bond donors (Lipinski definition) is 2. The maximum absolute atomic E-state index is 11.4. The summed E-state index contributed by atoms with van der Waals surface area (Å²) in [4.78, 5) is 12.6. The van der Waals surface area contributed by atoms with Crippen molar-refractivity contribution in [1.29, 1.82) is 0 Å². The van der Waals surface area contributed by atoms with Crippen LogP contribution in [0.25, 0.3) is 0 Å². The average molecular weight is 242 g/mol. The number of hydrogen-bond acceptors (Lipinski definition) is 4. The van der Waals surface area contributed by atoms with Crippen molar-refractivity contribution < 1.29 is 9.53 Å². The van der Waals surface area contributed by atoms with Crippen LogP contribution >= 0.6 is 11.3 Å². The summed E-state index contributed by atoms with van der Waals surface area (Å²) < 4.78 is 4.84. The minimum atomic E-state index is 0.000422. The smallest absolute Gasteiger partial charge is 0.234 e. The molecule has 0 aliphatic heterocycles. The summed E-state index contributed by atoms with van der Waals surface area (Å²) in [5.74, 6) is 0.000422. The summed E-state index contributed by atoms with van der Waals surface area (Å²) in [7, 11) is 1.61. The molecule has 5 heteroatoms. The molecule has 16 heavy (non-hydrogen) atoms. The van der Waals surface area contributed by atoms with Gasteiger partial charge in [0.05, 0.1) is 13.2 Å². The number of carbonyl (C=O) groups excluding carboxylic acids is 1. The summed E-state index contributed by atoms with van der Waals surface area (Å²) in [6.45, 7) is 3.49. The number of nitrogens with one attached hydrogen (secondary N) is 2. The van der Waals surface area contributed by atoms with Gasteiger partial charge in [0.2, 0.25) is 5.91 Å². The highest BCUT2D eigenvalue weighted by molar-refractivity contribution is 7.10. The van der Waals surface area contributed by atoms with Crippen molar-refractivity contribution in [1.82, 2.24) is 10.6 Å². The van der Waals surface area contributed by atoms with E-state index < -0.39 is 0 Å². The van der Waals surface area contributed by atoms with Gasteiger partial charge in [0.15, 0.2) is 0 Å². The van der Waals surface area contributed by atoms with E-state index in [0.717, 1.165) is 0 Å². The highest BCUT2D eigenvalue weighted by Crippen LogP contribution is 2.17. The van der Waals surface area contributed by atoms with Crippen molar-refractivity contribution in [3.63, 3.8) is 0 Å². The highest BCUT2D eigenvalue weighted by atomic mass is 32.1. The van der Waals surface area contributed by atoms with Crippen LogP contribution in [-0.2, 0) is 9.53 Å². The first-order valence-corrected chi connectivity index (χ1v) is 6.14. The molecule has 0 saturated heterocycles. The largest absolute Gasteiger partial charge is 0.383 e. The maximum Gasteiger partial charge on any atom is 0.234 e. The van der Waals surface area contributed by atoms with Gasteiger partial charge in [-0.15, -0.1) is 11.3 Å². The Labute approximate surface area is 100 Å². The Balaban J connectivity index is 2.16. The average Bonchev–Trinajstić information content (AvgIpc) is 2.79. The van der Waals surface area contributed by atoms with E-state index >= 15 is 0 Å². The lowest BCUT2D eigenvalue weighted by molar-refractivity contribution is -0.120. The van der Waals surface area contributed by atoms with Crippen molar-refractivity contribution >= 4 is 17.2 Å². The zero-order valence-corrected chi connectivity index (χ0v) is 10.5. The number of carbonyl (C=O) groups is 1. The molecule has 0 fully saturated rings. The second-order valence-electron chi connectivity index (χ2n) is 3.46. The number of rotatable bonds is 7. The molecule has 0 radical (unpaired) electrons. The van der Waals surface area contributed by atoms with Crippen molar-refractivity contribution in [2.45, 2.75) is 13.0 Å². The molecule has 0 aliphatic rings.